The summed E-state index contributed by atoms with van der Waals surface area (Å²) in [4.78, 5) is 4.15. The van der Waals surface area contributed by atoms with E-state index in [0.717, 1.165) is 5.82 Å². The highest BCUT2D eigenvalue weighted by atomic mass is 16.3. The lowest BCUT2D eigenvalue weighted by Crippen LogP contribution is -2.18. The van der Waals surface area contributed by atoms with E-state index in [9.17, 15) is 5.11 Å². The van der Waals surface area contributed by atoms with Crippen molar-refractivity contribution >= 4 is 0 Å². The molecule has 4 heteroatoms. The van der Waals surface area contributed by atoms with Crippen LogP contribution in [0, 0.1) is 0 Å². The number of hydrogen-bond donors (Lipinski definition) is 1. The lowest BCUT2D eigenvalue weighted by Gasteiger charge is -2.16. The van der Waals surface area contributed by atoms with Gasteiger partial charge in [0.15, 0.2) is 0 Å². The van der Waals surface area contributed by atoms with Crippen molar-refractivity contribution in [3.8, 4) is 0 Å². The standard InChI is InChI=1S/C9H17N3O/c1-6(2)12-9(10-5-11-12)7(3)8(4)13/h5-8,13H,1-4H3. The summed E-state index contributed by atoms with van der Waals surface area (Å²) in [6.45, 7) is 7.82. The molecule has 1 rings (SSSR count). The molecule has 2 unspecified atom stereocenters. The average molecular weight is 183 g/mol. The summed E-state index contributed by atoms with van der Waals surface area (Å²) in [7, 11) is 0. The molecule has 0 aliphatic rings. The first-order chi connectivity index (χ1) is 6.04. The topological polar surface area (TPSA) is 50.9 Å². The van der Waals surface area contributed by atoms with Crippen LogP contribution in [0.15, 0.2) is 6.33 Å². The van der Waals surface area contributed by atoms with Crippen molar-refractivity contribution < 1.29 is 5.11 Å². The predicted octanol–water partition coefficient (Wildman–Crippen LogP) is 1.34. The Hall–Kier alpha value is -0.900. The van der Waals surface area contributed by atoms with Crippen molar-refractivity contribution in [2.45, 2.75) is 45.8 Å². The molecule has 1 aromatic rings. The molecule has 4 nitrogen and oxygen atoms in total. The third-order valence-electron chi connectivity index (χ3n) is 2.22. The van der Waals surface area contributed by atoms with Crippen LogP contribution in [-0.2, 0) is 0 Å². The molecule has 0 bridgehead atoms. The quantitative estimate of drug-likeness (QED) is 0.769. The molecule has 0 amide bonds. The van der Waals surface area contributed by atoms with Crippen LogP contribution in [0.2, 0.25) is 0 Å². The second-order valence-corrected chi connectivity index (χ2v) is 3.69. The van der Waals surface area contributed by atoms with E-state index in [1.165, 1.54) is 6.33 Å². The van der Waals surface area contributed by atoms with Crippen LogP contribution in [0.3, 0.4) is 0 Å². The Morgan fingerprint density at radius 1 is 1.31 bits per heavy atom. The normalized spacial score (nSPS) is 16.2. The fourth-order valence-electron chi connectivity index (χ4n) is 1.20. The van der Waals surface area contributed by atoms with Crippen LogP contribution >= 0.6 is 0 Å². The van der Waals surface area contributed by atoms with Gasteiger partial charge in [0, 0.05) is 12.0 Å². The second kappa shape index (κ2) is 3.87. The van der Waals surface area contributed by atoms with Crippen LogP contribution in [0.4, 0.5) is 0 Å². The van der Waals surface area contributed by atoms with Crippen LogP contribution < -0.4 is 0 Å². The summed E-state index contributed by atoms with van der Waals surface area (Å²) in [5.41, 5.74) is 0. The fourth-order valence-corrected chi connectivity index (χ4v) is 1.20. The molecule has 0 aliphatic carbocycles. The molecule has 0 aromatic carbocycles. The molecule has 2 atom stereocenters. The minimum atomic E-state index is -0.387. The van der Waals surface area contributed by atoms with E-state index in [4.69, 9.17) is 0 Å². The monoisotopic (exact) mass is 183 g/mol. The molecule has 0 saturated carbocycles. The third-order valence-corrected chi connectivity index (χ3v) is 2.22. The Kier molecular flexibility index (Phi) is 3.03. The van der Waals surface area contributed by atoms with E-state index in [2.05, 4.69) is 10.1 Å². The zero-order chi connectivity index (χ0) is 10.0. The molecule has 1 N–H and O–H groups in total. The van der Waals surface area contributed by atoms with Gasteiger partial charge in [0.05, 0.1) is 6.10 Å². The summed E-state index contributed by atoms with van der Waals surface area (Å²) in [6, 6.07) is 0.290. The maximum absolute atomic E-state index is 9.42. The summed E-state index contributed by atoms with van der Waals surface area (Å²) >= 11 is 0. The van der Waals surface area contributed by atoms with E-state index in [-0.39, 0.29) is 12.0 Å². The molecule has 0 aliphatic heterocycles. The van der Waals surface area contributed by atoms with E-state index in [1.54, 1.807) is 6.92 Å². The van der Waals surface area contributed by atoms with Gasteiger partial charge in [-0.05, 0) is 20.8 Å². The fraction of sp³-hybridized carbons (Fsp3) is 0.778. The maximum Gasteiger partial charge on any atom is 0.138 e. The molecular weight excluding hydrogens is 166 g/mol. The molecule has 0 fully saturated rings. The van der Waals surface area contributed by atoms with Crippen molar-refractivity contribution in [3.05, 3.63) is 12.2 Å². The largest absolute Gasteiger partial charge is 0.393 e. The number of aromatic nitrogens is 3. The smallest absolute Gasteiger partial charge is 0.138 e. The van der Waals surface area contributed by atoms with Gasteiger partial charge in [0.1, 0.15) is 12.2 Å². The van der Waals surface area contributed by atoms with Gasteiger partial charge in [-0.25, -0.2) is 9.67 Å². The number of aliphatic hydroxyl groups is 1. The first-order valence-electron chi connectivity index (χ1n) is 4.61. The van der Waals surface area contributed by atoms with Gasteiger partial charge >= 0.3 is 0 Å². The van der Waals surface area contributed by atoms with Gasteiger partial charge in [-0.2, -0.15) is 5.10 Å². The summed E-state index contributed by atoms with van der Waals surface area (Å²) in [6.07, 6.45) is 1.15. The molecule has 0 saturated heterocycles. The van der Waals surface area contributed by atoms with Crippen LogP contribution in [0.1, 0.15) is 45.5 Å². The van der Waals surface area contributed by atoms with Crippen LogP contribution in [0.25, 0.3) is 0 Å². The zero-order valence-electron chi connectivity index (χ0n) is 8.60. The molecule has 13 heavy (non-hydrogen) atoms. The number of hydrogen-bond acceptors (Lipinski definition) is 3. The Morgan fingerprint density at radius 3 is 2.38 bits per heavy atom. The van der Waals surface area contributed by atoms with Crippen molar-refractivity contribution in [2.75, 3.05) is 0 Å². The Labute approximate surface area is 78.6 Å². The number of rotatable bonds is 3. The maximum atomic E-state index is 9.42. The van der Waals surface area contributed by atoms with Crippen molar-refractivity contribution in [1.82, 2.24) is 14.8 Å². The van der Waals surface area contributed by atoms with Gasteiger partial charge in [-0.1, -0.05) is 6.92 Å². The highest BCUT2D eigenvalue weighted by molar-refractivity contribution is 4.97. The zero-order valence-corrected chi connectivity index (χ0v) is 8.60. The number of nitrogens with zero attached hydrogens (tertiary/aromatic N) is 3. The molecule has 0 radical (unpaired) electrons. The summed E-state index contributed by atoms with van der Waals surface area (Å²) < 4.78 is 1.84. The molecule has 74 valence electrons. The lowest BCUT2D eigenvalue weighted by atomic mass is 10.1. The Balaban J connectivity index is 2.93. The first-order valence-corrected chi connectivity index (χ1v) is 4.61. The van der Waals surface area contributed by atoms with Crippen LogP contribution in [0.5, 0.6) is 0 Å². The molecule has 1 aromatic heterocycles. The van der Waals surface area contributed by atoms with E-state index < -0.39 is 0 Å². The van der Waals surface area contributed by atoms with E-state index >= 15 is 0 Å². The Bertz CT molecular complexity index is 268. The molecular formula is C9H17N3O. The average Bonchev–Trinajstić information content (AvgIpc) is 2.50. The second-order valence-electron chi connectivity index (χ2n) is 3.69. The number of aliphatic hydroxyl groups excluding tert-OH is 1. The highest BCUT2D eigenvalue weighted by Gasteiger charge is 2.18. The van der Waals surface area contributed by atoms with E-state index in [1.807, 2.05) is 25.5 Å². The van der Waals surface area contributed by atoms with Gasteiger partial charge in [0.2, 0.25) is 0 Å². The predicted molar refractivity (Wildman–Crippen MR) is 50.5 cm³/mol. The SMILES string of the molecule is CC(O)C(C)c1ncnn1C(C)C. The van der Waals surface area contributed by atoms with Crippen LogP contribution in [-0.4, -0.2) is 26.0 Å². The van der Waals surface area contributed by atoms with Gasteiger partial charge in [-0.15, -0.1) is 0 Å². The minimum Gasteiger partial charge on any atom is -0.393 e. The summed E-state index contributed by atoms with van der Waals surface area (Å²) in [5.74, 6) is 0.884. The summed E-state index contributed by atoms with van der Waals surface area (Å²) in [5, 5.41) is 13.5. The third kappa shape index (κ3) is 2.06. The molecule has 0 spiro atoms. The highest BCUT2D eigenvalue weighted by Crippen LogP contribution is 2.18. The van der Waals surface area contributed by atoms with Crippen molar-refractivity contribution in [3.63, 3.8) is 0 Å². The first kappa shape index (κ1) is 10.2. The minimum absolute atomic E-state index is 0.0323. The van der Waals surface area contributed by atoms with Crippen molar-refractivity contribution in [2.24, 2.45) is 0 Å². The molecule has 1 heterocycles. The van der Waals surface area contributed by atoms with Gasteiger partial charge in [0.25, 0.3) is 0 Å². The van der Waals surface area contributed by atoms with Gasteiger partial charge < -0.3 is 5.11 Å². The van der Waals surface area contributed by atoms with Gasteiger partial charge in [-0.3, -0.25) is 0 Å². The Morgan fingerprint density at radius 2 is 1.92 bits per heavy atom. The van der Waals surface area contributed by atoms with E-state index in [0.29, 0.717) is 6.04 Å². The lowest BCUT2D eigenvalue weighted by molar-refractivity contribution is 0.162. The van der Waals surface area contributed by atoms with Crippen molar-refractivity contribution in [1.29, 1.82) is 0 Å².